The van der Waals surface area contributed by atoms with Crippen LogP contribution in [0.15, 0.2) is 51.9 Å². The average molecular weight is 274 g/mol. The summed E-state index contributed by atoms with van der Waals surface area (Å²) in [6, 6.07) is 11.3. The van der Waals surface area contributed by atoms with Crippen molar-refractivity contribution in [2.24, 2.45) is 0 Å². The second-order valence-corrected chi connectivity index (χ2v) is 4.52. The van der Waals surface area contributed by atoms with E-state index in [-0.39, 0.29) is 5.43 Å². The molecule has 0 saturated heterocycles. The summed E-state index contributed by atoms with van der Waals surface area (Å²) < 4.78 is 0.946. The van der Waals surface area contributed by atoms with E-state index in [2.05, 4.69) is 20.9 Å². The first-order valence-corrected chi connectivity index (χ1v) is 5.75. The van der Waals surface area contributed by atoms with Crippen LogP contribution in [0.25, 0.3) is 21.7 Å². The van der Waals surface area contributed by atoms with E-state index in [4.69, 9.17) is 0 Å². The van der Waals surface area contributed by atoms with Gasteiger partial charge in [0.2, 0.25) is 0 Å². The van der Waals surface area contributed by atoms with Crippen LogP contribution in [0.2, 0.25) is 0 Å². The van der Waals surface area contributed by atoms with Crippen molar-refractivity contribution in [3.05, 3.63) is 57.3 Å². The van der Waals surface area contributed by atoms with Crippen LogP contribution in [0.5, 0.6) is 0 Å². The highest BCUT2D eigenvalue weighted by Crippen LogP contribution is 2.26. The molecule has 0 atom stereocenters. The Balaban J connectivity index is 2.70. The Morgan fingerprint density at radius 2 is 1.94 bits per heavy atom. The van der Waals surface area contributed by atoms with Crippen LogP contribution in [0.3, 0.4) is 0 Å². The number of pyridine rings is 1. The van der Waals surface area contributed by atoms with Crippen LogP contribution in [0.4, 0.5) is 0 Å². The van der Waals surface area contributed by atoms with E-state index >= 15 is 0 Å². The lowest BCUT2D eigenvalue weighted by atomic mass is 10.1. The molecule has 0 amide bonds. The van der Waals surface area contributed by atoms with Crippen molar-refractivity contribution in [1.82, 2.24) is 4.98 Å². The number of fused-ring (bicyclic) bond motifs is 3. The van der Waals surface area contributed by atoms with Crippen LogP contribution < -0.4 is 5.43 Å². The standard InChI is InChI=1S/C13H8BrNO/c14-10-5-6-11(16)12-9(10)4-3-8-2-1-7-15-13(8)12/h1-7,15H. The Bertz CT molecular complexity index is 746. The van der Waals surface area contributed by atoms with Gasteiger partial charge in [0.15, 0.2) is 5.43 Å². The lowest BCUT2D eigenvalue weighted by Gasteiger charge is -2.04. The lowest BCUT2D eigenvalue weighted by Crippen LogP contribution is -2.00. The number of aromatic amines is 1. The quantitative estimate of drug-likeness (QED) is 0.626. The molecular formula is C13H8BrNO. The molecule has 3 aromatic rings. The van der Waals surface area contributed by atoms with E-state index < -0.39 is 0 Å². The number of hydrogen-bond donors (Lipinski definition) is 1. The molecule has 0 aliphatic rings. The summed E-state index contributed by atoms with van der Waals surface area (Å²) in [6.07, 6.45) is 1.84. The van der Waals surface area contributed by atoms with Gasteiger partial charge in [0.25, 0.3) is 0 Å². The van der Waals surface area contributed by atoms with Crippen molar-refractivity contribution >= 4 is 37.6 Å². The van der Waals surface area contributed by atoms with Crippen LogP contribution in [-0.4, -0.2) is 4.98 Å². The summed E-state index contributed by atoms with van der Waals surface area (Å²) in [5.41, 5.74) is 0.942. The van der Waals surface area contributed by atoms with E-state index in [9.17, 15) is 4.79 Å². The zero-order chi connectivity index (χ0) is 11.1. The smallest absolute Gasteiger partial charge is 0.188 e. The summed E-state index contributed by atoms with van der Waals surface area (Å²) in [5.74, 6) is 0. The van der Waals surface area contributed by atoms with Gasteiger partial charge in [-0.2, -0.15) is 0 Å². The van der Waals surface area contributed by atoms with E-state index in [1.54, 1.807) is 12.1 Å². The van der Waals surface area contributed by atoms with Crippen molar-refractivity contribution < 1.29 is 0 Å². The predicted octanol–water partition coefficient (Wildman–Crippen LogP) is 3.44. The molecule has 0 saturated carbocycles. The van der Waals surface area contributed by atoms with Crippen LogP contribution in [0.1, 0.15) is 0 Å². The Kier molecular flexibility index (Phi) is 2.07. The maximum absolute atomic E-state index is 11.9. The van der Waals surface area contributed by atoms with Gasteiger partial charge in [-0.05, 0) is 23.6 Å². The van der Waals surface area contributed by atoms with Gasteiger partial charge in [0.1, 0.15) is 0 Å². The van der Waals surface area contributed by atoms with E-state index in [1.165, 1.54) is 0 Å². The number of halogens is 1. The minimum absolute atomic E-state index is 0.0475. The van der Waals surface area contributed by atoms with Gasteiger partial charge in [-0.3, -0.25) is 4.79 Å². The molecule has 1 heterocycles. The molecule has 0 radical (unpaired) electrons. The molecule has 0 bridgehead atoms. The molecule has 1 N–H and O–H groups in total. The molecule has 0 fully saturated rings. The van der Waals surface area contributed by atoms with Gasteiger partial charge in [-0.25, -0.2) is 0 Å². The zero-order valence-corrected chi connectivity index (χ0v) is 9.91. The van der Waals surface area contributed by atoms with Crippen molar-refractivity contribution in [3.63, 3.8) is 0 Å². The topological polar surface area (TPSA) is 32.9 Å². The third kappa shape index (κ3) is 1.28. The number of benzene rings is 2. The molecule has 3 rings (SSSR count). The number of aromatic nitrogens is 1. The molecule has 2 nitrogen and oxygen atoms in total. The third-order valence-electron chi connectivity index (χ3n) is 2.72. The highest BCUT2D eigenvalue weighted by molar-refractivity contribution is 9.10. The van der Waals surface area contributed by atoms with Crippen molar-refractivity contribution in [3.8, 4) is 0 Å². The molecule has 0 aliphatic carbocycles. The molecular weight excluding hydrogens is 266 g/mol. The number of hydrogen-bond acceptors (Lipinski definition) is 1. The van der Waals surface area contributed by atoms with E-state index in [1.807, 2.05) is 30.5 Å². The fourth-order valence-electron chi connectivity index (χ4n) is 1.97. The normalized spacial score (nSPS) is 11.1. The Labute approximate surface area is 100 Å². The molecule has 78 valence electrons. The highest BCUT2D eigenvalue weighted by atomic mass is 79.9. The van der Waals surface area contributed by atoms with Gasteiger partial charge in [0.05, 0.1) is 10.9 Å². The first kappa shape index (κ1) is 9.60. The van der Waals surface area contributed by atoms with E-state index in [0.29, 0.717) is 0 Å². The van der Waals surface area contributed by atoms with Crippen LogP contribution >= 0.6 is 15.9 Å². The largest absolute Gasteiger partial charge is 0.361 e. The Morgan fingerprint density at radius 3 is 2.81 bits per heavy atom. The van der Waals surface area contributed by atoms with Crippen molar-refractivity contribution in [1.29, 1.82) is 0 Å². The van der Waals surface area contributed by atoms with Crippen molar-refractivity contribution in [2.75, 3.05) is 0 Å². The zero-order valence-electron chi connectivity index (χ0n) is 8.33. The summed E-state index contributed by atoms with van der Waals surface area (Å²) in [7, 11) is 0. The Hall–Kier alpha value is -1.61. The minimum Gasteiger partial charge on any atom is -0.361 e. The Morgan fingerprint density at radius 1 is 1.06 bits per heavy atom. The number of rotatable bonds is 0. The molecule has 0 aliphatic heterocycles. The van der Waals surface area contributed by atoms with Gasteiger partial charge in [-0.15, -0.1) is 0 Å². The SMILES string of the molecule is O=c1ccc(Br)c2ccc3ccc[nH]c3c12. The van der Waals surface area contributed by atoms with Crippen molar-refractivity contribution in [2.45, 2.75) is 0 Å². The molecule has 16 heavy (non-hydrogen) atoms. The first-order chi connectivity index (χ1) is 7.77. The van der Waals surface area contributed by atoms with Crippen LogP contribution in [0, 0.1) is 0 Å². The van der Waals surface area contributed by atoms with Gasteiger partial charge in [-0.1, -0.05) is 34.1 Å². The van der Waals surface area contributed by atoms with Gasteiger partial charge >= 0.3 is 0 Å². The van der Waals surface area contributed by atoms with Gasteiger partial charge < -0.3 is 4.98 Å². The van der Waals surface area contributed by atoms with E-state index in [0.717, 1.165) is 26.1 Å². The second kappa shape index (κ2) is 3.46. The number of nitrogens with one attached hydrogen (secondary N) is 1. The molecule has 3 heteroatoms. The molecule has 1 aromatic heterocycles. The fourth-order valence-corrected chi connectivity index (χ4v) is 2.44. The summed E-state index contributed by atoms with van der Waals surface area (Å²) in [6.45, 7) is 0. The molecule has 2 aromatic carbocycles. The lowest BCUT2D eigenvalue weighted by molar-refractivity contribution is 1.42. The fraction of sp³-hybridized carbons (Fsp3) is 0. The summed E-state index contributed by atoms with van der Waals surface area (Å²) in [4.78, 5) is 15.0. The average Bonchev–Trinajstić information content (AvgIpc) is 2.33. The molecule has 0 unspecified atom stereocenters. The first-order valence-electron chi connectivity index (χ1n) is 4.96. The summed E-state index contributed by atoms with van der Waals surface area (Å²) >= 11 is 3.46. The molecule has 0 spiro atoms. The van der Waals surface area contributed by atoms with Gasteiger partial charge in [0, 0.05) is 16.1 Å². The van der Waals surface area contributed by atoms with Crippen LogP contribution in [-0.2, 0) is 0 Å². The highest BCUT2D eigenvalue weighted by Gasteiger charge is 2.06. The monoisotopic (exact) mass is 273 g/mol. The number of H-pyrrole nitrogens is 1. The predicted molar refractivity (Wildman–Crippen MR) is 69.8 cm³/mol. The third-order valence-corrected chi connectivity index (χ3v) is 3.41. The summed E-state index contributed by atoms with van der Waals surface area (Å²) in [5, 5.41) is 2.74. The second-order valence-electron chi connectivity index (χ2n) is 3.67. The maximum Gasteiger partial charge on any atom is 0.188 e. The minimum atomic E-state index is 0.0475. The maximum atomic E-state index is 11.9.